The molecule has 0 aromatic heterocycles. The van der Waals surface area contributed by atoms with Crippen molar-refractivity contribution < 1.29 is 14.3 Å². The van der Waals surface area contributed by atoms with Gasteiger partial charge in [0.1, 0.15) is 6.04 Å². The molecule has 0 saturated carbocycles. The topological polar surface area (TPSA) is 46.6 Å². The van der Waals surface area contributed by atoms with Crippen LogP contribution < -0.4 is 0 Å². The molecule has 3 rings (SSSR count). The fraction of sp³-hybridized carbons (Fsp3) is 0.300. The SMILES string of the molecule is COC(=O)C1Cc2ccccc2CN1C(=O)c1cc(SC)ccc1C. The van der Waals surface area contributed by atoms with Crippen molar-refractivity contribution in [2.45, 2.75) is 30.8 Å². The average molecular weight is 355 g/mol. The zero-order chi connectivity index (χ0) is 18.0. The Labute approximate surface area is 152 Å². The number of fused-ring (bicyclic) bond motifs is 1. The number of carbonyl (C=O) groups excluding carboxylic acids is 2. The van der Waals surface area contributed by atoms with Gasteiger partial charge in [0.2, 0.25) is 0 Å². The van der Waals surface area contributed by atoms with Crippen LogP contribution in [0.4, 0.5) is 0 Å². The number of ether oxygens (including phenoxy) is 1. The molecule has 0 spiro atoms. The van der Waals surface area contributed by atoms with Crippen LogP contribution >= 0.6 is 11.8 Å². The second kappa shape index (κ2) is 7.31. The number of rotatable bonds is 3. The first-order chi connectivity index (χ1) is 12.0. The first-order valence-electron chi connectivity index (χ1n) is 8.15. The van der Waals surface area contributed by atoms with Gasteiger partial charge in [0, 0.05) is 23.4 Å². The molecule has 0 N–H and O–H groups in total. The number of carbonyl (C=O) groups is 2. The predicted molar refractivity (Wildman–Crippen MR) is 98.8 cm³/mol. The van der Waals surface area contributed by atoms with Gasteiger partial charge in [-0.2, -0.15) is 0 Å². The normalized spacial score (nSPS) is 16.3. The first kappa shape index (κ1) is 17.5. The van der Waals surface area contributed by atoms with E-state index in [-0.39, 0.29) is 11.9 Å². The van der Waals surface area contributed by atoms with Gasteiger partial charge < -0.3 is 9.64 Å². The van der Waals surface area contributed by atoms with Gasteiger partial charge in [-0.05, 0) is 42.0 Å². The van der Waals surface area contributed by atoms with E-state index >= 15 is 0 Å². The third kappa shape index (κ3) is 3.42. The Kier molecular flexibility index (Phi) is 5.13. The minimum atomic E-state index is -0.593. The number of hydrogen-bond acceptors (Lipinski definition) is 4. The molecule has 1 amide bonds. The molecule has 0 bridgehead atoms. The van der Waals surface area contributed by atoms with Crippen molar-refractivity contribution in [3.63, 3.8) is 0 Å². The number of aryl methyl sites for hydroxylation is 1. The molecular formula is C20H21NO3S. The largest absolute Gasteiger partial charge is 0.467 e. The van der Waals surface area contributed by atoms with E-state index in [2.05, 4.69) is 0 Å². The molecule has 1 atom stereocenters. The molecule has 0 radical (unpaired) electrons. The Morgan fingerprint density at radius 2 is 1.88 bits per heavy atom. The fourth-order valence-electron chi connectivity index (χ4n) is 3.20. The van der Waals surface area contributed by atoms with E-state index in [1.54, 1.807) is 16.7 Å². The van der Waals surface area contributed by atoms with Crippen LogP contribution in [0.2, 0.25) is 0 Å². The quantitative estimate of drug-likeness (QED) is 0.625. The summed E-state index contributed by atoms with van der Waals surface area (Å²) in [6.07, 6.45) is 2.46. The van der Waals surface area contributed by atoms with Crippen LogP contribution in [0.1, 0.15) is 27.0 Å². The van der Waals surface area contributed by atoms with E-state index in [9.17, 15) is 9.59 Å². The maximum Gasteiger partial charge on any atom is 0.328 e. The highest BCUT2D eigenvalue weighted by atomic mass is 32.2. The van der Waals surface area contributed by atoms with Crippen molar-refractivity contribution in [1.82, 2.24) is 4.90 Å². The van der Waals surface area contributed by atoms with Gasteiger partial charge in [-0.15, -0.1) is 11.8 Å². The third-order valence-electron chi connectivity index (χ3n) is 4.66. The highest BCUT2D eigenvalue weighted by Gasteiger charge is 2.36. The van der Waals surface area contributed by atoms with Gasteiger partial charge in [0.15, 0.2) is 0 Å². The smallest absolute Gasteiger partial charge is 0.328 e. The number of amides is 1. The molecule has 1 aliphatic heterocycles. The van der Waals surface area contributed by atoms with Crippen molar-refractivity contribution >= 4 is 23.6 Å². The summed E-state index contributed by atoms with van der Waals surface area (Å²) in [6.45, 7) is 2.33. The van der Waals surface area contributed by atoms with Crippen LogP contribution in [0.5, 0.6) is 0 Å². The van der Waals surface area contributed by atoms with Crippen molar-refractivity contribution in [3.8, 4) is 0 Å². The molecule has 2 aromatic carbocycles. The van der Waals surface area contributed by atoms with Crippen LogP contribution in [0.15, 0.2) is 47.4 Å². The Morgan fingerprint density at radius 3 is 2.56 bits per heavy atom. The molecule has 0 fully saturated rings. The maximum atomic E-state index is 13.2. The van der Waals surface area contributed by atoms with Crippen molar-refractivity contribution in [2.24, 2.45) is 0 Å². The lowest BCUT2D eigenvalue weighted by Crippen LogP contribution is -2.49. The molecule has 5 heteroatoms. The van der Waals surface area contributed by atoms with E-state index in [1.165, 1.54) is 7.11 Å². The zero-order valence-electron chi connectivity index (χ0n) is 14.6. The minimum absolute atomic E-state index is 0.127. The van der Waals surface area contributed by atoms with Crippen LogP contribution in [-0.2, 0) is 22.5 Å². The summed E-state index contributed by atoms with van der Waals surface area (Å²) in [7, 11) is 1.37. The second-order valence-electron chi connectivity index (χ2n) is 6.13. The molecule has 2 aromatic rings. The molecule has 1 unspecified atom stereocenters. The van der Waals surface area contributed by atoms with Crippen molar-refractivity contribution in [1.29, 1.82) is 0 Å². The predicted octanol–water partition coefficient (Wildman–Crippen LogP) is 3.46. The Hall–Kier alpha value is -2.27. The molecule has 0 aliphatic carbocycles. The van der Waals surface area contributed by atoms with Gasteiger partial charge in [-0.1, -0.05) is 30.3 Å². The van der Waals surface area contributed by atoms with Crippen LogP contribution in [-0.4, -0.2) is 36.2 Å². The molecule has 1 aliphatic rings. The van der Waals surface area contributed by atoms with Crippen molar-refractivity contribution in [2.75, 3.05) is 13.4 Å². The summed E-state index contributed by atoms with van der Waals surface area (Å²) < 4.78 is 4.96. The number of methoxy groups -OCH3 is 1. The summed E-state index contributed by atoms with van der Waals surface area (Å²) in [6, 6.07) is 13.2. The summed E-state index contributed by atoms with van der Waals surface area (Å²) in [5, 5.41) is 0. The lowest BCUT2D eigenvalue weighted by Gasteiger charge is -2.35. The molecule has 25 heavy (non-hydrogen) atoms. The van der Waals surface area contributed by atoms with Gasteiger partial charge >= 0.3 is 5.97 Å². The summed E-state index contributed by atoms with van der Waals surface area (Å²) in [5.74, 6) is -0.500. The lowest BCUT2D eigenvalue weighted by atomic mass is 9.93. The number of nitrogens with zero attached hydrogens (tertiary/aromatic N) is 1. The van der Waals surface area contributed by atoms with Gasteiger partial charge in [-0.25, -0.2) is 4.79 Å². The van der Waals surface area contributed by atoms with E-state index in [4.69, 9.17) is 4.74 Å². The number of esters is 1. The Morgan fingerprint density at radius 1 is 1.16 bits per heavy atom. The minimum Gasteiger partial charge on any atom is -0.467 e. The maximum absolute atomic E-state index is 13.2. The summed E-state index contributed by atoms with van der Waals surface area (Å²) in [5.41, 5.74) is 3.72. The molecule has 4 nitrogen and oxygen atoms in total. The molecular weight excluding hydrogens is 334 g/mol. The summed E-state index contributed by atoms with van der Waals surface area (Å²) in [4.78, 5) is 28.2. The first-order valence-corrected chi connectivity index (χ1v) is 9.38. The van der Waals surface area contributed by atoms with Gasteiger partial charge in [0.05, 0.1) is 7.11 Å². The third-order valence-corrected chi connectivity index (χ3v) is 5.38. The van der Waals surface area contributed by atoms with E-state index in [0.29, 0.717) is 18.5 Å². The van der Waals surface area contributed by atoms with Gasteiger partial charge in [0.25, 0.3) is 5.91 Å². The Bertz CT molecular complexity index is 818. The van der Waals surface area contributed by atoms with Crippen molar-refractivity contribution in [3.05, 3.63) is 64.7 Å². The molecule has 130 valence electrons. The average Bonchev–Trinajstić information content (AvgIpc) is 2.66. The Balaban J connectivity index is 2.01. The standard InChI is InChI=1S/C20H21NO3S/c1-13-8-9-16(25-3)11-17(13)19(22)21-12-15-7-5-4-6-14(15)10-18(21)20(23)24-2/h4-9,11,18H,10,12H2,1-3H3. The fourth-order valence-corrected chi connectivity index (χ4v) is 3.64. The lowest BCUT2D eigenvalue weighted by molar-refractivity contribution is -0.146. The zero-order valence-corrected chi connectivity index (χ0v) is 15.4. The van der Waals surface area contributed by atoms with E-state index in [0.717, 1.165) is 21.6 Å². The number of thioether (sulfide) groups is 1. The highest BCUT2D eigenvalue weighted by Crippen LogP contribution is 2.27. The summed E-state index contributed by atoms with van der Waals surface area (Å²) >= 11 is 1.59. The monoisotopic (exact) mass is 355 g/mol. The van der Waals surface area contributed by atoms with E-state index in [1.807, 2.05) is 55.6 Å². The van der Waals surface area contributed by atoms with Gasteiger partial charge in [-0.3, -0.25) is 4.79 Å². The number of benzene rings is 2. The van der Waals surface area contributed by atoms with E-state index < -0.39 is 6.04 Å². The van der Waals surface area contributed by atoms with Crippen LogP contribution in [0, 0.1) is 6.92 Å². The number of hydrogen-bond donors (Lipinski definition) is 0. The van der Waals surface area contributed by atoms with Crippen LogP contribution in [0.3, 0.4) is 0 Å². The molecule has 1 heterocycles. The van der Waals surface area contributed by atoms with Crippen LogP contribution in [0.25, 0.3) is 0 Å². The second-order valence-corrected chi connectivity index (χ2v) is 7.01. The highest BCUT2D eigenvalue weighted by molar-refractivity contribution is 7.98. The molecule has 0 saturated heterocycles.